The third kappa shape index (κ3) is 4.29. The van der Waals surface area contributed by atoms with Gasteiger partial charge in [0.25, 0.3) is 11.7 Å². The van der Waals surface area contributed by atoms with Gasteiger partial charge in [0.05, 0.1) is 12.2 Å². The summed E-state index contributed by atoms with van der Waals surface area (Å²) in [7, 11) is 0. The van der Waals surface area contributed by atoms with Gasteiger partial charge in [-0.2, -0.15) is 0 Å². The summed E-state index contributed by atoms with van der Waals surface area (Å²) < 4.78 is 5.69. The molecular formula is C25H22ClNO4S. The average Bonchev–Trinajstić information content (AvgIpc) is 3.39. The Hall–Kier alpha value is -3.09. The number of carbonyl (C=O) groups is 2. The Bertz CT molecular complexity index is 1170. The molecule has 1 aliphatic rings. The van der Waals surface area contributed by atoms with Gasteiger partial charge in [0.1, 0.15) is 17.6 Å². The van der Waals surface area contributed by atoms with Crippen molar-refractivity contribution in [2.45, 2.75) is 19.9 Å². The number of Topliss-reactive ketones (excluding diaryl/α,β-unsaturated/α-hetero) is 1. The molecule has 1 aromatic heterocycles. The second kappa shape index (κ2) is 9.18. The summed E-state index contributed by atoms with van der Waals surface area (Å²) in [6.45, 7) is 4.70. The maximum absolute atomic E-state index is 13.1. The molecule has 2 heterocycles. The van der Waals surface area contributed by atoms with E-state index in [0.29, 0.717) is 34.5 Å². The van der Waals surface area contributed by atoms with E-state index in [1.807, 2.05) is 17.5 Å². The Morgan fingerprint density at radius 1 is 1.12 bits per heavy atom. The van der Waals surface area contributed by atoms with Crippen LogP contribution in [0.5, 0.6) is 5.75 Å². The normalized spacial score (nSPS) is 17.9. The van der Waals surface area contributed by atoms with Gasteiger partial charge >= 0.3 is 0 Å². The molecule has 2 aromatic carbocycles. The molecule has 0 spiro atoms. The zero-order chi connectivity index (χ0) is 22.8. The number of carbonyl (C=O) groups excluding carboxylic acids is 2. The Morgan fingerprint density at radius 3 is 2.50 bits per heavy atom. The lowest BCUT2D eigenvalue weighted by Gasteiger charge is -2.24. The number of anilines is 1. The van der Waals surface area contributed by atoms with Crippen molar-refractivity contribution >= 4 is 46.1 Å². The van der Waals surface area contributed by atoms with Crippen LogP contribution in [0.25, 0.3) is 5.76 Å². The number of benzene rings is 2. The number of ketones is 1. The summed E-state index contributed by atoms with van der Waals surface area (Å²) in [5.74, 6) is -0.604. The predicted molar refractivity (Wildman–Crippen MR) is 127 cm³/mol. The van der Waals surface area contributed by atoms with Crippen LogP contribution in [0.1, 0.15) is 30.3 Å². The minimum Gasteiger partial charge on any atom is -0.507 e. The zero-order valence-corrected chi connectivity index (χ0v) is 19.2. The Morgan fingerprint density at radius 2 is 1.88 bits per heavy atom. The molecule has 1 fully saturated rings. The first kappa shape index (κ1) is 22.1. The number of thiophene rings is 1. The molecule has 1 amide bonds. The molecule has 164 valence electrons. The molecule has 4 rings (SSSR count). The second-order valence-corrected chi connectivity index (χ2v) is 9.31. The number of amides is 1. The molecule has 32 heavy (non-hydrogen) atoms. The van der Waals surface area contributed by atoms with Crippen LogP contribution >= 0.6 is 22.9 Å². The standard InChI is InChI=1S/C25H22ClNO4S/c1-15(2)14-31-19-10-8-16(9-11-19)23(28)21-22(20-7-4-12-32-20)27(25(30)24(21)29)18-6-3-5-17(26)13-18/h3-13,15,22,28H,14H2,1-2H3/b23-21-. The Balaban J connectivity index is 1.78. The fourth-order valence-corrected chi connectivity index (χ4v) is 4.58. The largest absolute Gasteiger partial charge is 0.507 e. The van der Waals surface area contributed by atoms with Crippen molar-refractivity contribution < 1.29 is 19.4 Å². The first-order chi connectivity index (χ1) is 15.4. The van der Waals surface area contributed by atoms with Crippen molar-refractivity contribution in [3.05, 3.63) is 87.1 Å². The molecule has 0 radical (unpaired) electrons. The van der Waals surface area contributed by atoms with Crippen LogP contribution < -0.4 is 9.64 Å². The number of aliphatic hydroxyl groups is 1. The molecular weight excluding hydrogens is 446 g/mol. The minimum absolute atomic E-state index is 0.0493. The minimum atomic E-state index is -0.745. The van der Waals surface area contributed by atoms with Gasteiger partial charge in [0, 0.05) is 21.2 Å². The number of hydrogen-bond acceptors (Lipinski definition) is 5. The van der Waals surface area contributed by atoms with Gasteiger partial charge in [-0.3, -0.25) is 14.5 Å². The Labute approximate surface area is 195 Å². The van der Waals surface area contributed by atoms with Crippen LogP contribution in [0.15, 0.2) is 71.6 Å². The lowest BCUT2D eigenvalue weighted by Crippen LogP contribution is -2.29. The third-order valence-corrected chi connectivity index (χ3v) is 6.21. The van der Waals surface area contributed by atoms with Gasteiger partial charge in [-0.25, -0.2) is 0 Å². The molecule has 3 aromatic rings. The van der Waals surface area contributed by atoms with E-state index in [1.54, 1.807) is 48.5 Å². The lowest BCUT2D eigenvalue weighted by atomic mass is 9.99. The molecule has 1 aliphatic heterocycles. The van der Waals surface area contributed by atoms with Crippen molar-refractivity contribution in [3.8, 4) is 5.75 Å². The number of rotatable bonds is 6. The van der Waals surface area contributed by atoms with E-state index in [2.05, 4.69) is 13.8 Å². The fraction of sp³-hybridized carbons (Fsp3) is 0.200. The summed E-state index contributed by atoms with van der Waals surface area (Å²) in [6.07, 6.45) is 0. The van der Waals surface area contributed by atoms with Crippen molar-refractivity contribution in [3.63, 3.8) is 0 Å². The maximum atomic E-state index is 13.1. The summed E-state index contributed by atoms with van der Waals surface area (Å²) in [6, 6.07) is 16.6. The number of ether oxygens (including phenoxy) is 1. The summed E-state index contributed by atoms with van der Waals surface area (Å²) in [5.41, 5.74) is 0.982. The summed E-state index contributed by atoms with van der Waals surface area (Å²) >= 11 is 7.55. The fourth-order valence-electron chi connectivity index (χ4n) is 3.57. The molecule has 0 aliphatic carbocycles. The third-order valence-electron chi connectivity index (χ3n) is 5.05. The van der Waals surface area contributed by atoms with E-state index in [9.17, 15) is 14.7 Å². The molecule has 1 atom stereocenters. The molecule has 1 saturated heterocycles. The van der Waals surface area contributed by atoms with Crippen molar-refractivity contribution in [2.24, 2.45) is 5.92 Å². The highest BCUT2D eigenvalue weighted by Gasteiger charge is 2.47. The van der Waals surface area contributed by atoms with Crippen LogP contribution in [-0.2, 0) is 9.59 Å². The highest BCUT2D eigenvalue weighted by Crippen LogP contribution is 2.44. The smallest absolute Gasteiger partial charge is 0.300 e. The second-order valence-electron chi connectivity index (χ2n) is 7.89. The summed E-state index contributed by atoms with van der Waals surface area (Å²) in [4.78, 5) is 28.3. The van der Waals surface area contributed by atoms with Crippen molar-refractivity contribution in [2.75, 3.05) is 11.5 Å². The van der Waals surface area contributed by atoms with Gasteiger partial charge in [-0.15, -0.1) is 11.3 Å². The molecule has 0 bridgehead atoms. The van der Waals surface area contributed by atoms with Crippen LogP contribution in [0, 0.1) is 5.92 Å². The van der Waals surface area contributed by atoms with Crippen LogP contribution in [0.3, 0.4) is 0 Å². The molecule has 7 heteroatoms. The van der Waals surface area contributed by atoms with E-state index in [0.717, 1.165) is 4.88 Å². The molecule has 5 nitrogen and oxygen atoms in total. The van der Waals surface area contributed by atoms with E-state index in [-0.39, 0.29) is 11.3 Å². The van der Waals surface area contributed by atoms with Crippen molar-refractivity contribution in [1.29, 1.82) is 0 Å². The van der Waals surface area contributed by atoms with Crippen LogP contribution in [-0.4, -0.2) is 23.4 Å². The van der Waals surface area contributed by atoms with Gasteiger partial charge in [0.15, 0.2) is 0 Å². The van der Waals surface area contributed by atoms with Crippen molar-refractivity contribution in [1.82, 2.24) is 0 Å². The monoisotopic (exact) mass is 467 g/mol. The van der Waals surface area contributed by atoms with Crippen LogP contribution in [0.2, 0.25) is 5.02 Å². The SMILES string of the molecule is CC(C)COc1ccc(/C(O)=C2/C(=O)C(=O)N(c3cccc(Cl)c3)C2c2cccs2)cc1. The highest BCUT2D eigenvalue weighted by molar-refractivity contribution is 7.10. The number of nitrogens with zero attached hydrogens (tertiary/aromatic N) is 1. The maximum Gasteiger partial charge on any atom is 0.300 e. The number of hydrogen-bond donors (Lipinski definition) is 1. The average molecular weight is 468 g/mol. The van der Waals surface area contributed by atoms with E-state index in [4.69, 9.17) is 16.3 Å². The number of halogens is 1. The van der Waals surface area contributed by atoms with E-state index >= 15 is 0 Å². The van der Waals surface area contributed by atoms with Crippen LogP contribution in [0.4, 0.5) is 5.69 Å². The molecule has 1 N–H and O–H groups in total. The van der Waals surface area contributed by atoms with E-state index < -0.39 is 17.7 Å². The lowest BCUT2D eigenvalue weighted by molar-refractivity contribution is -0.132. The van der Waals surface area contributed by atoms with Gasteiger partial charge in [-0.05, 0) is 59.8 Å². The van der Waals surface area contributed by atoms with E-state index in [1.165, 1.54) is 16.2 Å². The first-order valence-electron chi connectivity index (χ1n) is 10.2. The molecule has 1 unspecified atom stereocenters. The topological polar surface area (TPSA) is 66.8 Å². The highest BCUT2D eigenvalue weighted by atomic mass is 35.5. The Kier molecular flexibility index (Phi) is 6.35. The van der Waals surface area contributed by atoms with Gasteiger partial charge < -0.3 is 9.84 Å². The first-order valence-corrected chi connectivity index (χ1v) is 11.5. The summed E-state index contributed by atoms with van der Waals surface area (Å²) in [5, 5.41) is 13.4. The van der Waals surface area contributed by atoms with Gasteiger partial charge in [0.2, 0.25) is 0 Å². The predicted octanol–water partition coefficient (Wildman–Crippen LogP) is 6.06. The van der Waals surface area contributed by atoms with Gasteiger partial charge in [-0.1, -0.05) is 37.6 Å². The zero-order valence-electron chi connectivity index (χ0n) is 17.6. The quantitative estimate of drug-likeness (QED) is 0.272. The molecule has 0 saturated carbocycles. The number of aliphatic hydroxyl groups excluding tert-OH is 1.